The van der Waals surface area contributed by atoms with Crippen LogP contribution in [0.25, 0.3) is 16.6 Å². The number of halogens is 1. The molecule has 0 fully saturated rings. The molecule has 3 aromatic rings. The lowest BCUT2D eigenvalue weighted by molar-refractivity contribution is 0.290. The van der Waals surface area contributed by atoms with Gasteiger partial charge in [-0.2, -0.15) is 0 Å². The van der Waals surface area contributed by atoms with Crippen LogP contribution in [0.3, 0.4) is 0 Å². The zero-order valence-corrected chi connectivity index (χ0v) is 12.1. The number of hydrogen-bond acceptors (Lipinski definition) is 1. The van der Waals surface area contributed by atoms with Crippen LogP contribution in [0.4, 0.5) is 4.39 Å². The van der Waals surface area contributed by atoms with Crippen LogP contribution in [0.1, 0.15) is 18.4 Å². The van der Waals surface area contributed by atoms with Crippen LogP contribution < -0.4 is 0 Å². The Morgan fingerprint density at radius 2 is 1.86 bits per heavy atom. The molecule has 0 aliphatic rings. The molecule has 0 saturated carbocycles. The Bertz CT molecular complexity index is 837. The van der Waals surface area contributed by atoms with E-state index in [1.807, 2.05) is 35.0 Å². The van der Waals surface area contributed by atoms with Gasteiger partial charge in [0, 0.05) is 35.9 Å². The summed E-state index contributed by atoms with van der Waals surface area (Å²) in [4.78, 5) is 0. The van der Waals surface area contributed by atoms with E-state index in [-0.39, 0.29) is 12.4 Å². The van der Waals surface area contributed by atoms with Gasteiger partial charge >= 0.3 is 0 Å². The lowest BCUT2D eigenvalue weighted by Gasteiger charge is -2.05. The van der Waals surface area contributed by atoms with Crippen molar-refractivity contribution in [3.05, 3.63) is 66.1 Å². The predicted molar refractivity (Wildman–Crippen MR) is 86.4 cm³/mol. The monoisotopic (exact) mass is 293 g/mol. The maximum Gasteiger partial charge on any atom is 0.123 e. The molecule has 0 amide bonds. The number of aliphatic hydroxyl groups is 1. The van der Waals surface area contributed by atoms with Gasteiger partial charge in [0.2, 0.25) is 0 Å². The Balaban J connectivity index is 1.92. The third-order valence-electron chi connectivity index (χ3n) is 3.49. The molecule has 2 aromatic carbocycles. The second-order valence-corrected chi connectivity index (χ2v) is 5.06. The molecule has 0 unspecified atom stereocenters. The zero-order valence-electron chi connectivity index (χ0n) is 12.1. The summed E-state index contributed by atoms with van der Waals surface area (Å²) in [6.45, 7) is 0.175. The Kier molecular flexibility index (Phi) is 4.22. The van der Waals surface area contributed by atoms with E-state index in [4.69, 9.17) is 5.11 Å². The first-order valence-electron chi connectivity index (χ1n) is 7.25. The molecule has 0 spiro atoms. The molecule has 3 heteroatoms. The first kappa shape index (κ1) is 14.4. The summed E-state index contributed by atoms with van der Waals surface area (Å²) < 4.78 is 15.1. The molecule has 110 valence electrons. The minimum atomic E-state index is -0.236. The highest BCUT2D eigenvalue weighted by Crippen LogP contribution is 2.21. The number of hydrogen-bond donors (Lipinski definition) is 1. The third-order valence-corrected chi connectivity index (χ3v) is 3.49. The number of benzene rings is 2. The van der Waals surface area contributed by atoms with Crippen LogP contribution in [0.5, 0.6) is 0 Å². The van der Waals surface area contributed by atoms with Crippen LogP contribution in [0, 0.1) is 17.7 Å². The van der Waals surface area contributed by atoms with Gasteiger partial charge in [0.1, 0.15) is 5.82 Å². The maximum atomic E-state index is 13.0. The molecule has 0 bridgehead atoms. The Morgan fingerprint density at radius 3 is 2.64 bits per heavy atom. The van der Waals surface area contributed by atoms with Crippen molar-refractivity contribution in [1.82, 2.24) is 4.57 Å². The summed E-state index contributed by atoms with van der Waals surface area (Å²) in [5.41, 5.74) is 2.95. The van der Waals surface area contributed by atoms with Crippen LogP contribution in [0.2, 0.25) is 0 Å². The van der Waals surface area contributed by atoms with E-state index < -0.39 is 0 Å². The Hall–Kier alpha value is -2.57. The largest absolute Gasteiger partial charge is 0.396 e. The molecular formula is C19H16FNO. The lowest BCUT2D eigenvalue weighted by Crippen LogP contribution is -1.91. The number of rotatable bonds is 3. The third kappa shape index (κ3) is 3.03. The summed E-state index contributed by atoms with van der Waals surface area (Å²) in [7, 11) is 0. The molecule has 1 heterocycles. The second kappa shape index (κ2) is 6.46. The summed E-state index contributed by atoms with van der Waals surface area (Å²) in [6, 6.07) is 14.5. The average Bonchev–Trinajstić information content (AvgIpc) is 2.95. The summed E-state index contributed by atoms with van der Waals surface area (Å²) in [6.07, 6.45) is 3.38. The summed E-state index contributed by atoms with van der Waals surface area (Å²) in [5, 5.41) is 9.83. The van der Waals surface area contributed by atoms with E-state index in [2.05, 4.69) is 11.8 Å². The Labute approximate surface area is 128 Å². The first-order chi connectivity index (χ1) is 10.8. The number of unbranched alkanes of at least 4 members (excludes halogenated alkanes) is 1. The highest BCUT2D eigenvalue weighted by atomic mass is 19.1. The molecule has 3 rings (SSSR count). The van der Waals surface area contributed by atoms with Crippen LogP contribution in [-0.4, -0.2) is 16.3 Å². The van der Waals surface area contributed by atoms with Crippen molar-refractivity contribution in [1.29, 1.82) is 0 Å². The van der Waals surface area contributed by atoms with Gasteiger partial charge in [-0.25, -0.2) is 4.39 Å². The molecule has 0 radical (unpaired) electrons. The van der Waals surface area contributed by atoms with E-state index in [9.17, 15) is 4.39 Å². The SMILES string of the molecule is OCCCC#Cc1ccc2c(ccn2-c2ccc(F)cc2)c1. The van der Waals surface area contributed by atoms with Gasteiger partial charge in [-0.05, 0) is 55.0 Å². The number of aromatic nitrogens is 1. The molecule has 0 aliphatic heterocycles. The molecule has 0 atom stereocenters. The number of fused-ring (bicyclic) bond motifs is 1. The lowest BCUT2D eigenvalue weighted by atomic mass is 10.1. The van der Waals surface area contributed by atoms with Crippen LogP contribution in [0.15, 0.2) is 54.7 Å². The Morgan fingerprint density at radius 1 is 1.05 bits per heavy atom. The fraction of sp³-hybridized carbons (Fsp3) is 0.158. The van der Waals surface area contributed by atoms with Crippen molar-refractivity contribution < 1.29 is 9.50 Å². The summed E-state index contributed by atoms with van der Waals surface area (Å²) >= 11 is 0. The molecule has 0 saturated heterocycles. The zero-order chi connectivity index (χ0) is 15.4. The van der Waals surface area contributed by atoms with Gasteiger partial charge < -0.3 is 9.67 Å². The maximum absolute atomic E-state index is 13.0. The highest BCUT2D eigenvalue weighted by Gasteiger charge is 2.03. The van der Waals surface area contributed by atoms with E-state index in [1.165, 1.54) is 12.1 Å². The molecular weight excluding hydrogens is 277 g/mol. The molecule has 0 aliphatic carbocycles. The standard InChI is InChI=1S/C19H16FNO/c20-17-6-8-18(9-7-17)21-12-11-16-14-15(5-10-19(16)21)4-2-1-3-13-22/h5-12,14,22H,1,3,13H2. The van der Waals surface area contributed by atoms with Crippen molar-refractivity contribution >= 4 is 10.9 Å². The van der Waals surface area contributed by atoms with Gasteiger partial charge in [0.25, 0.3) is 0 Å². The molecule has 2 nitrogen and oxygen atoms in total. The first-order valence-corrected chi connectivity index (χ1v) is 7.25. The van der Waals surface area contributed by atoms with E-state index in [1.54, 1.807) is 12.1 Å². The fourth-order valence-electron chi connectivity index (χ4n) is 2.38. The second-order valence-electron chi connectivity index (χ2n) is 5.06. The van der Waals surface area contributed by atoms with Crippen LogP contribution in [-0.2, 0) is 0 Å². The number of aliphatic hydroxyl groups excluding tert-OH is 1. The molecule has 1 N–H and O–H groups in total. The van der Waals surface area contributed by atoms with Gasteiger partial charge in [0.05, 0.1) is 5.52 Å². The quantitative estimate of drug-likeness (QED) is 0.575. The smallest absolute Gasteiger partial charge is 0.123 e. The van der Waals surface area contributed by atoms with Gasteiger partial charge in [-0.1, -0.05) is 11.8 Å². The molecule has 1 aromatic heterocycles. The minimum absolute atomic E-state index is 0.175. The summed E-state index contributed by atoms with van der Waals surface area (Å²) in [5.74, 6) is 5.93. The molecule has 22 heavy (non-hydrogen) atoms. The van der Waals surface area contributed by atoms with Crippen molar-refractivity contribution in [2.24, 2.45) is 0 Å². The highest BCUT2D eigenvalue weighted by molar-refractivity contribution is 5.83. The van der Waals surface area contributed by atoms with Crippen molar-refractivity contribution in [2.45, 2.75) is 12.8 Å². The van der Waals surface area contributed by atoms with Crippen molar-refractivity contribution in [3.8, 4) is 17.5 Å². The topological polar surface area (TPSA) is 25.2 Å². The van der Waals surface area contributed by atoms with E-state index >= 15 is 0 Å². The number of nitrogens with zero attached hydrogens (tertiary/aromatic N) is 1. The van der Waals surface area contributed by atoms with E-state index in [0.717, 1.165) is 22.2 Å². The van der Waals surface area contributed by atoms with Gasteiger partial charge in [-0.3, -0.25) is 0 Å². The van der Waals surface area contributed by atoms with Crippen molar-refractivity contribution in [3.63, 3.8) is 0 Å². The van der Waals surface area contributed by atoms with Crippen LogP contribution >= 0.6 is 0 Å². The minimum Gasteiger partial charge on any atom is -0.396 e. The predicted octanol–water partition coefficient (Wildman–Crippen LogP) is 3.89. The van der Waals surface area contributed by atoms with Gasteiger partial charge in [0.15, 0.2) is 0 Å². The van der Waals surface area contributed by atoms with Crippen molar-refractivity contribution in [2.75, 3.05) is 6.61 Å². The average molecular weight is 293 g/mol. The van der Waals surface area contributed by atoms with Gasteiger partial charge in [-0.15, -0.1) is 0 Å². The van der Waals surface area contributed by atoms with E-state index in [0.29, 0.717) is 12.8 Å². The normalized spacial score (nSPS) is 10.5. The fourth-order valence-corrected chi connectivity index (χ4v) is 2.38.